The molecule has 2 amide bonds. The molecule has 0 radical (unpaired) electrons. The number of fused-ring (bicyclic) bond motifs is 1. The summed E-state index contributed by atoms with van der Waals surface area (Å²) in [4.78, 5) is 27.9. The molecular formula is C19H14N4O2S. The van der Waals surface area contributed by atoms with Gasteiger partial charge >= 0.3 is 0 Å². The third-order valence-electron chi connectivity index (χ3n) is 4.04. The van der Waals surface area contributed by atoms with Gasteiger partial charge in [-0.2, -0.15) is 11.3 Å². The molecule has 0 fully saturated rings. The molecule has 3 heterocycles. The van der Waals surface area contributed by atoms with Gasteiger partial charge in [0.25, 0.3) is 5.91 Å². The molecule has 4 rings (SSSR count). The topological polar surface area (TPSA) is 97.1 Å². The first-order valence-corrected chi connectivity index (χ1v) is 8.77. The van der Waals surface area contributed by atoms with E-state index in [2.05, 4.69) is 15.6 Å². The van der Waals surface area contributed by atoms with E-state index in [0.29, 0.717) is 22.6 Å². The zero-order valence-corrected chi connectivity index (χ0v) is 14.3. The number of pyridine rings is 1. The summed E-state index contributed by atoms with van der Waals surface area (Å²) in [6, 6.07) is 10.7. The minimum Gasteiger partial charge on any atom is -0.366 e. The van der Waals surface area contributed by atoms with Crippen molar-refractivity contribution in [2.45, 2.75) is 0 Å². The highest BCUT2D eigenvalue weighted by molar-refractivity contribution is 7.08. The smallest absolute Gasteiger partial charge is 0.259 e. The van der Waals surface area contributed by atoms with E-state index in [1.807, 2.05) is 22.9 Å². The van der Waals surface area contributed by atoms with Gasteiger partial charge in [-0.1, -0.05) is 6.07 Å². The Hall–Kier alpha value is -3.45. The van der Waals surface area contributed by atoms with Gasteiger partial charge < -0.3 is 16.4 Å². The van der Waals surface area contributed by atoms with Crippen LogP contribution in [0.3, 0.4) is 0 Å². The van der Waals surface area contributed by atoms with Gasteiger partial charge in [-0.05, 0) is 46.7 Å². The number of carbonyl (C=O) groups is 2. The lowest BCUT2D eigenvalue weighted by Gasteiger charge is -2.05. The van der Waals surface area contributed by atoms with Crippen LogP contribution in [0, 0.1) is 0 Å². The maximum Gasteiger partial charge on any atom is 0.259 e. The van der Waals surface area contributed by atoms with Crippen molar-refractivity contribution in [2.75, 3.05) is 10.6 Å². The molecule has 0 saturated carbocycles. The highest BCUT2D eigenvalue weighted by Crippen LogP contribution is 2.33. The zero-order chi connectivity index (χ0) is 18.1. The molecule has 0 unspecified atom stereocenters. The minimum atomic E-state index is -0.505. The Balaban J connectivity index is 1.67. The maximum atomic E-state index is 12.3. The molecule has 2 aromatic heterocycles. The van der Waals surface area contributed by atoms with E-state index in [9.17, 15) is 9.59 Å². The second-order valence-corrected chi connectivity index (χ2v) is 6.51. The van der Waals surface area contributed by atoms with Crippen molar-refractivity contribution in [3.63, 3.8) is 0 Å². The number of anilines is 2. The standard InChI is InChI=1S/C19H14N4O2S/c20-17(24)11-2-1-3-14(6-11)21-9-16-15-7-13(12-4-5-26-10-12)8-22-18(15)23-19(16)25/h1-10,21H,(H2,20,24)(H,22,23,25)/b16-9-. The predicted molar refractivity (Wildman–Crippen MR) is 103 cm³/mol. The van der Waals surface area contributed by atoms with Crippen LogP contribution < -0.4 is 16.4 Å². The molecular weight excluding hydrogens is 348 g/mol. The van der Waals surface area contributed by atoms with Gasteiger partial charge in [0.05, 0.1) is 5.57 Å². The summed E-state index contributed by atoms with van der Waals surface area (Å²) in [5.41, 5.74) is 9.58. The van der Waals surface area contributed by atoms with Crippen molar-refractivity contribution in [1.82, 2.24) is 4.98 Å². The number of nitrogens with zero attached hydrogens (tertiary/aromatic N) is 1. The Kier molecular flexibility index (Phi) is 3.98. The number of aromatic nitrogens is 1. The van der Waals surface area contributed by atoms with Gasteiger partial charge in [0.15, 0.2) is 0 Å². The number of carbonyl (C=O) groups excluding carboxylic acids is 2. The Labute approximate surface area is 153 Å². The SMILES string of the molecule is NC(=O)c1cccc(N/C=C2\C(=O)Nc3ncc(-c4ccsc4)cc32)c1. The Bertz CT molecular complexity index is 1040. The molecule has 0 spiro atoms. The van der Waals surface area contributed by atoms with Crippen molar-refractivity contribution in [3.05, 3.63) is 70.7 Å². The molecule has 6 nitrogen and oxygen atoms in total. The quantitative estimate of drug-likeness (QED) is 0.620. The van der Waals surface area contributed by atoms with Gasteiger partial charge in [0.2, 0.25) is 5.91 Å². The van der Waals surface area contributed by atoms with Crippen molar-refractivity contribution in [2.24, 2.45) is 5.73 Å². The molecule has 128 valence electrons. The van der Waals surface area contributed by atoms with E-state index >= 15 is 0 Å². The van der Waals surface area contributed by atoms with Crippen LogP contribution in [0.4, 0.5) is 11.5 Å². The summed E-state index contributed by atoms with van der Waals surface area (Å²) in [7, 11) is 0. The van der Waals surface area contributed by atoms with E-state index in [-0.39, 0.29) is 5.91 Å². The van der Waals surface area contributed by atoms with Gasteiger partial charge in [0.1, 0.15) is 5.82 Å². The fourth-order valence-corrected chi connectivity index (χ4v) is 3.38. The lowest BCUT2D eigenvalue weighted by molar-refractivity contribution is -0.110. The first-order valence-electron chi connectivity index (χ1n) is 7.83. The Morgan fingerprint density at radius 1 is 1.23 bits per heavy atom. The van der Waals surface area contributed by atoms with E-state index in [1.54, 1.807) is 48.0 Å². The highest BCUT2D eigenvalue weighted by Gasteiger charge is 2.26. The number of primary amides is 1. The third kappa shape index (κ3) is 2.96. The number of rotatable bonds is 4. The maximum absolute atomic E-state index is 12.3. The molecule has 3 aromatic rings. The number of amides is 2. The molecule has 7 heteroatoms. The number of benzene rings is 1. The largest absolute Gasteiger partial charge is 0.366 e. The van der Waals surface area contributed by atoms with Crippen LogP contribution in [-0.2, 0) is 4.79 Å². The van der Waals surface area contributed by atoms with Crippen molar-refractivity contribution < 1.29 is 9.59 Å². The lowest BCUT2D eigenvalue weighted by atomic mass is 10.1. The van der Waals surface area contributed by atoms with Gasteiger partial charge in [-0.15, -0.1) is 0 Å². The summed E-state index contributed by atoms with van der Waals surface area (Å²) in [5.74, 6) is -0.198. The van der Waals surface area contributed by atoms with E-state index in [0.717, 1.165) is 16.7 Å². The summed E-state index contributed by atoms with van der Waals surface area (Å²) >= 11 is 1.61. The molecule has 4 N–H and O–H groups in total. The van der Waals surface area contributed by atoms with Crippen molar-refractivity contribution >= 4 is 40.2 Å². The number of nitrogens with two attached hydrogens (primary N) is 1. The van der Waals surface area contributed by atoms with Crippen LogP contribution in [0.5, 0.6) is 0 Å². The first-order chi connectivity index (χ1) is 12.6. The molecule has 0 saturated heterocycles. The molecule has 1 aromatic carbocycles. The summed E-state index contributed by atoms with van der Waals surface area (Å²) in [5, 5.41) is 9.84. The van der Waals surface area contributed by atoms with E-state index in [1.165, 1.54) is 0 Å². The minimum absolute atomic E-state index is 0.228. The van der Waals surface area contributed by atoms with Crippen LogP contribution in [0.1, 0.15) is 15.9 Å². The van der Waals surface area contributed by atoms with Crippen LogP contribution in [-0.4, -0.2) is 16.8 Å². The number of hydrogen-bond acceptors (Lipinski definition) is 5. The molecule has 0 bridgehead atoms. The summed E-state index contributed by atoms with van der Waals surface area (Å²) < 4.78 is 0. The van der Waals surface area contributed by atoms with Crippen LogP contribution in [0.2, 0.25) is 0 Å². The van der Waals surface area contributed by atoms with E-state index < -0.39 is 5.91 Å². The number of thiophene rings is 1. The van der Waals surface area contributed by atoms with Crippen LogP contribution in [0.25, 0.3) is 16.7 Å². The first kappa shape index (κ1) is 16.0. The monoisotopic (exact) mass is 362 g/mol. The third-order valence-corrected chi connectivity index (χ3v) is 4.72. The Morgan fingerprint density at radius 3 is 2.88 bits per heavy atom. The van der Waals surface area contributed by atoms with Crippen LogP contribution in [0.15, 0.2) is 59.6 Å². The zero-order valence-electron chi connectivity index (χ0n) is 13.5. The van der Waals surface area contributed by atoms with Crippen LogP contribution >= 0.6 is 11.3 Å². The molecule has 1 aliphatic heterocycles. The molecule has 26 heavy (non-hydrogen) atoms. The summed E-state index contributed by atoms with van der Waals surface area (Å²) in [6.07, 6.45) is 3.36. The normalized spacial score (nSPS) is 14.2. The predicted octanol–water partition coefficient (Wildman–Crippen LogP) is 3.31. The molecule has 0 atom stereocenters. The van der Waals surface area contributed by atoms with Gasteiger partial charge in [0, 0.05) is 34.8 Å². The van der Waals surface area contributed by atoms with Crippen molar-refractivity contribution in [1.29, 1.82) is 0 Å². The number of hydrogen-bond donors (Lipinski definition) is 3. The second kappa shape index (κ2) is 6.45. The van der Waals surface area contributed by atoms with Gasteiger partial charge in [-0.3, -0.25) is 9.59 Å². The fraction of sp³-hybridized carbons (Fsp3) is 0. The summed E-state index contributed by atoms with van der Waals surface area (Å²) in [6.45, 7) is 0. The average Bonchev–Trinajstić information content (AvgIpc) is 3.27. The Morgan fingerprint density at radius 2 is 2.12 bits per heavy atom. The van der Waals surface area contributed by atoms with E-state index in [4.69, 9.17) is 5.73 Å². The molecule has 0 aliphatic carbocycles. The second-order valence-electron chi connectivity index (χ2n) is 5.73. The average molecular weight is 362 g/mol. The highest BCUT2D eigenvalue weighted by atomic mass is 32.1. The van der Waals surface area contributed by atoms with Crippen molar-refractivity contribution in [3.8, 4) is 11.1 Å². The number of nitrogens with one attached hydrogen (secondary N) is 2. The lowest BCUT2D eigenvalue weighted by Crippen LogP contribution is -2.11. The molecule has 1 aliphatic rings. The van der Waals surface area contributed by atoms with Gasteiger partial charge in [-0.25, -0.2) is 4.98 Å². The fourth-order valence-electron chi connectivity index (χ4n) is 2.71.